The number of aryl methyl sites for hydroxylation is 2. The smallest absolute Gasteiger partial charge is 0.231 e. The van der Waals surface area contributed by atoms with Crippen LogP contribution in [0, 0.1) is 19.8 Å². The summed E-state index contributed by atoms with van der Waals surface area (Å²) in [5.41, 5.74) is 8.15. The fraction of sp³-hybridized carbons (Fsp3) is 0.353. The van der Waals surface area contributed by atoms with Gasteiger partial charge in [-0.3, -0.25) is 14.4 Å². The first-order chi connectivity index (χ1) is 12.8. The zero-order valence-corrected chi connectivity index (χ0v) is 16.5. The number of hydrogen-bond donors (Lipinski definition) is 2. The third-order valence-corrected chi connectivity index (χ3v) is 6.27. The third-order valence-electron chi connectivity index (χ3n) is 4.27. The van der Waals surface area contributed by atoms with Gasteiger partial charge in [0.1, 0.15) is 0 Å². The van der Waals surface area contributed by atoms with Gasteiger partial charge < -0.3 is 16.0 Å². The number of amides is 3. The lowest BCUT2D eigenvalue weighted by atomic mass is 10.1. The van der Waals surface area contributed by atoms with Gasteiger partial charge in [-0.25, -0.2) is 0 Å². The van der Waals surface area contributed by atoms with Crippen LogP contribution < -0.4 is 16.0 Å². The van der Waals surface area contributed by atoms with Gasteiger partial charge in [0.05, 0.1) is 11.7 Å². The molecule has 1 fully saturated rings. The van der Waals surface area contributed by atoms with Crippen molar-refractivity contribution in [2.75, 3.05) is 22.5 Å². The number of nitrogens with zero attached hydrogens (tertiary/aromatic N) is 3. The van der Waals surface area contributed by atoms with Crippen LogP contribution in [0.3, 0.4) is 0 Å². The second-order valence-electron chi connectivity index (χ2n) is 6.29. The maximum Gasteiger partial charge on any atom is 0.231 e. The van der Waals surface area contributed by atoms with E-state index in [0.717, 1.165) is 16.8 Å². The first kappa shape index (κ1) is 19.3. The second-order valence-corrected chi connectivity index (χ2v) is 8.49. The van der Waals surface area contributed by atoms with E-state index in [1.807, 2.05) is 32.0 Å². The molecule has 0 spiro atoms. The minimum absolute atomic E-state index is 0.0756. The Hall–Kier alpha value is -2.46. The summed E-state index contributed by atoms with van der Waals surface area (Å²) < 4.78 is 0.545. The van der Waals surface area contributed by atoms with Crippen LogP contribution in [-0.2, 0) is 14.4 Å². The number of carbonyl (C=O) groups is 3. The predicted octanol–water partition coefficient (Wildman–Crippen LogP) is 1.72. The lowest BCUT2D eigenvalue weighted by molar-refractivity contribution is -0.122. The summed E-state index contributed by atoms with van der Waals surface area (Å²) in [4.78, 5) is 37.3. The summed E-state index contributed by atoms with van der Waals surface area (Å²) in [6, 6.07) is 5.83. The molecule has 3 amide bonds. The number of hydrogen-bond acceptors (Lipinski definition) is 7. The van der Waals surface area contributed by atoms with Gasteiger partial charge in [0.25, 0.3) is 0 Å². The van der Waals surface area contributed by atoms with Gasteiger partial charge in [0, 0.05) is 18.7 Å². The van der Waals surface area contributed by atoms with E-state index in [4.69, 9.17) is 5.73 Å². The Morgan fingerprint density at radius 1 is 1.33 bits per heavy atom. The molecular weight excluding hydrogens is 386 g/mol. The van der Waals surface area contributed by atoms with Gasteiger partial charge in [-0.15, -0.1) is 10.2 Å². The number of aromatic nitrogens is 2. The average Bonchev–Trinajstić information content (AvgIpc) is 3.22. The molecule has 142 valence electrons. The molecule has 0 radical (unpaired) electrons. The highest BCUT2D eigenvalue weighted by molar-refractivity contribution is 8.01. The van der Waals surface area contributed by atoms with E-state index in [2.05, 4.69) is 15.5 Å². The third kappa shape index (κ3) is 4.64. The Morgan fingerprint density at radius 3 is 2.81 bits per heavy atom. The van der Waals surface area contributed by atoms with Crippen molar-refractivity contribution in [1.29, 1.82) is 0 Å². The molecule has 10 heteroatoms. The number of rotatable bonds is 6. The molecule has 0 aliphatic carbocycles. The Balaban J connectivity index is 1.62. The number of nitrogens with two attached hydrogens (primary N) is 1. The van der Waals surface area contributed by atoms with E-state index in [1.54, 1.807) is 4.90 Å². The first-order valence-corrected chi connectivity index (χ1v) is 10.1. The monoisotopic (exact) mass is 405 g/mol. The predicted molar refractivity (Wildman–Crippen MR) is 105 cm³/mol. The topological polar surface area (TPSA) is 118 Å². The van der Waals surface area contributed by atoms with Crippen molar-refractivity contribution < 1.29 is 14.4 Å². The lowest BCUT2D eigenvalue weighted by Gasteiger charge is -2.17. The van der Waals surface area contributed by atoms with Crippen LogP contribution in [0.4, 0.5) is 10.8 Å². The van der Waals surface area contributed by atoms with Crippen molar-refractivity contribution in [1.82, 2.24) is 10.2 Å². The standard InChI is InChI=1S/C17H19N5O3S2/c1-9-3-4-12(5-10(9)2)22-7-11(6-14(22)24)15(25)19-16-20-21-17(27-16)26-8-13(18)23/h3-5,11H,6-8H2,1-2H3,(H2,18,23)(H,19,20,25)/t11-/m1/s1. The number of primary amides is 1. The highest BCUT2D eigenvalue weighted by Crippen LogP contribution is 2.29. The lowest BCUT2D eigenvalue weighted by Crippen LogP contribution is -2.28. The van der Waals surface area contributed by atoms with Crippen LogP contribution in [0.25, 0.3) is 0 Å². The summed E-state index contributed by atoms with van der Waals surface area (Å²) in [6.45, 7) is 4.33. The van der Waals surface area contributed by atoms with Crippen molar-refractivity contribution in [2.45, 2.75) is 24.6 Å². The van der Waals surface area contributed by atoms with Gasteiger partial charge in [-0.05, 0) is 37.1 Å². The molecule has 3 rings (SSSR count). The summed E-state index contributed by atoms with van der Waals surface area (Å²) in [7, 11) is 0. The van der Waals surface area contributed by atoms with E-state index in [0.29, 0.717) is 16.0 Å². The summed E-state index contributed by atoms with van der Waals surface area (Å²) >= 11 is 2.33. The number of anilines is 2. The molecule has 2 heterocycles. The maximum atomic E-state index is 12.5. The van der Waals surface area contributed by atoms with Crippen LogP contribution in [0.1, 0.15) is 17.5 Å². The van der Waals surface area contributed by atoms with Crippen LogP contribution >= 0.6 is 23.1 Å². The first-order valence-electron chi connectivity index (χ1n) is 8.26. The summed E-state index contributed by atoms with van der Waals surface area (Å²) in [5.74, 6) is -1.14. The molecule has 27 heavy (non-hydrogen) atoms. The second kappa shape index (κ2) is 8.05. The van der Waals surface area contributed by atoms with Crippen LogP contribution in [-0.4, -0.2) is 40.2 Å². The highest BCUT2D eigenvalue weighted by Gasteiger charge is 2.35. The van der Waals surface area contributed by atoms with Crippen molar-refractivity contribution in [3.63, 3.8) is 0 Å². The molecule has 1 aliphatic heterocycles. The SMILES string of the molecule is Cc1ccc(N2C[C@H](C(=O)Nc3nnc(SCC(N)=O)s3)CC2=O)cc1C. The van der Waals surface area contributed by atoms with E-state index < -0.39 is 11.8 Å². The number of thioether (sulfide) groups is 1. The minimum atomic E-state index is -0.454. The van der Waals surface area contributed by atoms with E-state index >= 15 is 0 Å². The zero-order valence-electron chi connectivity index (χ0n) is 14.9. The summed E-state index contributed by atoms with van der Waals surface area (Å²) in [5, 5.41) is 10.8. The molecule has 1 aromatic carbocycles. The minimum Gasteiger partial charge on any atom is -0.369 e. The Bertz CT molecular complexity index is 898. The van der Waals surface area contributed by atoms with E-state index in [-0.39, 0.29) is 24.0 Å². The number of carbonyl (C=O) groups excluding carboxylic acids is 3. The Kier molecular flexibility index (Phi) is 5.76. The van der Waals surface area contributed by atoms with Crippen molar-refractivity contribution in [2.24, 2.45) is 11.7 Å². The molecule has 1 atom stereocenters. The van der Waals surface area contributed by atoms with Crippen molar-refractivity contribution >= 4 is 51.6 Å². The highest BCUT2D eigenvalue weighted by atomic mass is 32.2. The molecule has 0 saturated carbocycles. The molecule has 8 nitrogen and oxygen atoms in total. The quantitative estimate of drug-likeness (QED) is 0.558. The van der Waals surface area contributed by atoms with Crippen LogP contribution in [0.15, 0.2) is 22.5 Å². The van der Waals surface area contributed by atoms with Gasteiger partial charge in [0.15, 0.2) is 4.34 Å². The van der Waals surface area contributed by atoms with Crippen LogP contribution in [0.2, 0.25) is 0 Å². The average molecular weight is 406 g/mol. The molecule has 1 aromatic heterocycles. The van der Waals surface area contributed by atoms with Crippen molar-refractivity contribution in [3.8, 4) is 0 Å². The Morgan fingerprint density at radius 2 is 2.11 bits per heavy atom. The van der Waals surface area contributed by atoms with E-state index in [1.165, 1.54) is 23.1 Å². The molecular formula is C17H19N5O3S2. The molecule has 1 saturated heterocycles. The summed E-state index contributed by atoms with van der Waals surface area (Å²) in [6.07, 6.45) is 0.154. The van der Waals surface area contributed by atoms with Gasteiger partial charge >= 0.3 is 0 Å². The number of benzene rings is 1. The normalized spacial score (nSPS) is 16.6. The van der Waals surface area contributed by atoms with Gasteiger partial charge in [-0.2, -0.15) is 0 Å². The fourth-order valence-electron chi connectivity index (χ4n) is 2.69. The fourth-order valence-corrected chi connectivity index (χ4v) is 4.18. The van der Waals surface area contributed by atoms with Crippen molar-refractivity contribution in [3.05, 3.63) is 29.3 Å². The zero-order chi connectivity index (χ0) is 19.6. The molecule has 1 aliphatic rings. The molecule has 0 bridgehead atoms. The molecule has 0 unspecified atom stereocenters. The Labute approximate surface area is 164 Å². The van der Waals surface area contributed by atoms with E-state index in [9.17, 15) is 14.4 Å². The molecule has 3 N–H and O–H groups in total. The van der Waals surface area contributed by atoms with Gasteiger partial charge in [-0.1, -0.05) is 29.2 Å². The largest absolute Gasteiger partial charge is 0.369 e. The number of nitrogens with one attached hydrogen (secondary N) is 1. The van der Waals surface area contributed by atoms with Crippen LogP contribution in [0.5, 0.6) is 0 Å². The van der Waals surface area contributed by atoms with Gasteiger partial charge in [0.2, 0.25) is 22.9 Å². The molecule has 2 aromatic rings. The maximum absolute atomic E-state index is 12.5.